The molecule has 0 aliphatic heterocycles. The Kier molecular flexibility index (Phi) is 13.4. The first kappa shape index (κ1) is 29.9. The van der Waals surface area contributed by atoms with Crippen LogP contribution in [-0.2, 0) is 30.4 Å². The van der Waals surface area contributed by atoms with Crippen molar-refractivity contribution in [1.82, 2.24) is 25.9 Å². The minimum Gasteiger partial charge on any atom is -0.480 e. The molecule has 0 spiro atoms. The molecule has 1 aromatic heterocycles. The van der Waals surface area contributed by atoms with Crippen molar-refractivity contribution in [2.24, 2.45) is 17.2 Å². The van der Waals surface area contributed by atoms with Crippen LogP contribution in [0.15, 0.2) is 12.5 Å². The number of carbonyl (C=O) groups is 5. The number of aliphatic carboxylic acids is 1. The van der Waals surface area contributed by atoms with E-state index in [-0.39, 0.29) is 25.0 Å². The third-order valence-corrected chi connectivity index (χ3v) is 5.39. The Balaban J connectivity index is 2.83. The summed E-state index contributed by atoms with van der Waals surface area (Å²) < 4.78 is 0. The monoisotopic (exact) mass is 514 g/mol. The Morgan fingerprint density at radius 3 is 2.17 bits per heavy atom. The van der Waals surface area contributed by atoms with Gasteiger partial charge in [-0.15, -0.1) is 0 Å². The summed E-state index contributed by atoms with van der Waals surface area (Å²) in [7, 11) is 0. The molecule has 0 fully saturated rings. The predicted octanol–water partition coefficient (Wildman–Crippen LogP) is -2.86. The van der Waals surface area contributed by atoms with Crippen molar-refractivity contribution in [1.29, 1.82) is 0 Å². The van der Waals surface area contributed by atoms with Gasteiger partial charge in [-0.3, -0.25) is 19.2 Å². The topological polar surface area (TPSA) is 248 Å². The maximum atomic E-state index is 12.8. The number of amides is 4. The van der Waals surface area contributed by atoms with Gasteiger partial charge in [0, 0.05) is 30.5 Å². The lowest BCUT2D eigenvalue weighted by atomic mass is 10.1. The molecule has 14 nitrogen and oxygen atoms in total. The molecule has 196 valence electrons. The van der Waals surface area contributed by atoms with Crippen molar-refractivity contribution in [2.75, 3.05) is 12.3 Å². The molecular formula is C20H34N8O6S. The molecule has 15 heteroatoms. The molecule has 35 heavy (non-hydrogen) atoms. The van der Waals surface area contributed by atoms with E-state index in [1.165, 1.54) is 12.5 Å². The highest BCUT2D eigenvalue weighted by Crippen LogP contribution is 2.04. The van der Waals surface area contributed by atoms with E-state index in [1.807, 2.05) is 0 Å². The van der Waals surface area contributed by atoms with Gasteiger partial charge in [0.15, 0.2) is 0 Å². The SMILES string of the molecule is NCCCCC(N)C(=O)NC(CCC(N)=O)C(=O)NC(CS)C(=O)NC(Cc1cnc[nH]1)C(=O)O. The summed E-state index contributed by atoms with van der Waals surface area (Å²) >= 11 is 4.07. The molecule has 1 aromatic rings. The summed E-state index contributed by atoms with van der Waals surface area (Å²) in [6.07, 6.45) is 4.06. The Bertz CT molecular complexity index is 853. The van der Waals surface area contributed by atoms with E-state index in [1.54, 1.807) is 0 Å². The van der Waals surface area contributed by atoms with Crippen molar-refractivity contribution >= 4 is 42.2 Å². The van der Waals surface area contributed by atoms with Gasteiger partial charge in [0.2, 0.25) is 23.6 Å². The maximum Gasteiger partial charge on any atom is 0.326 e. The lowest BCUT2D eigenvalue weighted by Gasteiger charge is -2.24. The highest BCUT2D eigenvalue weighted by molar-refractivity contribution is 7.80. The molecule has 0 aliphatic rings. The second kappa shape index (κ2) is 15.7. The fourth-order valence-electron chi connectivity index (χ4n) is 3.03. The highest BCUT2D eigenvalue weighted by atomic mass is 32.1. The highest BCUT2D eigenvalue weighted by Gasteiger charge is 2.30. The number of unbranched alkanes of at least 4 members (excludes halogenated alkanes) is 1. The molecule has 4 atom stereocenters. The minimum absolute atomic E-state index is 0.0619. The van der Waals surface area contributed by atoms with Crippen LogP contribution >= 0.6 is 12.6 Å². The first-order valence-electron chi connectivity index (χ1n) is 11.0. The number of primary amides is 1. The number of thiol groups is 1. The van der Waals surface area contributed by atoms with Crippen molar-refractivity contribution in [2.45, 2.75) is 62.7 Å². The van der Waals surface area contributed by atoms with Gasteiger partial charge in [-0.2, -0.15) is 12.6 Å². The van der Waals surface area contributed by atoms with Crippen LogP contribution in [-0.4, -0.2) is 81.1 Å². The minimum atomic E-state index is -1.29. The second-order valence-electron chi connectivity index (χ2n) is 7.88. The van der Waals surface area contributed by atoms with E-state index >= 15 is 0 Å². The number of rotatable bonds is 17. The van der Waals surface area contributed by atoms with Crippen molar-refractivity contribution in [3.05, 3.63) is 18.2 Å². The zero-order valence-corrected chi connectivity index (χ0v) is 20.1. The van der Waals surface area contributed by atoms with Gasteiger partial charge in [-0.05, 0) is 25.8 Å². The number of carbonyl (C=O) groups excluding carboxylic acids is 4. The van der Waals surface area contributed by atoms with Crippen molar-refractivity contribution in [3.63, 3.8) is 0 Å². The predicted molar refractivity (Wildman–Crippen MR) is 129 cm³/mol. The average Bonchev–Trinajstić information content (AvgIpc) is 3.32. The first-order valence-corrected chi connectivity index (χ1v) is 11.7. The summed E-state index contributed by atoms with van der Waals surface area (Å²) in [6.45, 7) is 0.454. The van der Waals surface area contributed by atoms with Crippen LogP contribution in [0.4, 0.5) is 0 Å². The van der Waals surface area contributed by atoms with Gasteiger partial charge in [0.25, 0.3) is 0 Å². The van der Waals surface area contributed by atoms with E-state index in [0.29, 0.717) is 31.5 Å². The Labute approximate surface area is 207 Å². The van der Waals surface area contributed by atoms with Gasteiger partial charge in [-0.25, -0.2) is 9.78 Å². The van der Waals surface area contributed by atoms with Gasteiger partial charge in [0.1, 0.15) is 18.1 Å². The summed E-state index contributed by atoms with van der Waals surface area (Å²) in [5, 5.41) is 16.7. The molecule has 0 aliphatic carbocycles. The van der Waals surface area contributed by atoms with Crippen LogP contribution in [0, 0.1) is 0 Å². The smallest absolute Gasteiger partial charge is 0.326 e. The number of H-pyrrole nitrogens is 1. The molecule has 0 saturated heterocycles. The molecule has 0 saturated carbocycles. The summed E-state index contributed by atoms with van der Waals surface area (Å²) in [6, 6.07) is -4.61. The number of nitrogens with zero attached hydrogens (tertiary/aromatic N) is 1. The van der Waals surface area contributed by atoms with Crippen LogP contribution < -0.4 is 33.2 Å². The molecule has 1 heterocycles. The third kappa shape index (κ3) is 11.2. The summed E-state index contributed by atoms with van der Waals surface area (Å²) in [4.78, 5) is 67.3. The van der Waals surface area contributed by atoms with Gasteiger partial charge in [0.05, 0.1) is 12.4 Å². The van der Waals surface area contributed by atoms with E-state index in [0.717, 1.165) is 0 Å². The lowest BCUT2D eigenvalue weighted by Crippen LogP contribution is -2.58. The Hall–Kier alpha value is -3.17. The number of imidazole rings is 1. The quantitative estimate of drug-likeness (QED) is 0.0765. The number of carboxylic acids is 1. The fourth-order valence-corrected chi connectivity index (χ4v) is 3.29. The molecule has 4 unspecified atom stereocenters. The van der Waals surface area contributed by atoms with Gasteiger partial charge < -0.3 is 43.2 Å². The maximum absolute atomic E-state index is 12.8. The number of nitrogens with one attached hydrogen (secondary N) is 4. The average molecular weight is 515 g/mol. The molecule has 1 rings (SSSR count). The number of nitrogens with two attached hydrogens (primary N) is 3. The van der Waals surface area contributed by atoms with Gasteiger partial charge >= 0.3 is 5.97 Å². The normalized spacial score (nSPS) is 14.3. The van der Waals surface area contributed by atoms with Crippen molar-refractivity contribution in [3.8, 4) is 0 Å². The number of hydrogen-bond donors (Lipinski definition) is 9. The van der Waals surface area contributed by atoms with E-state index in [9.17, 15) is 29.1 Å². The largest absolute Gasteiger partial charge is 0.480 e. The fraction of sp³-hybridized carbons (Fsp3) is 0.600. The van der Waals surface area contributed by atoms with Crippen LogP contribution in [0.5, 0.6) is 0 Å². The summed E-state index contributed by atoms with van der Waals surface area (Å²) in [5.74, 6) is -4.31. The zero-order valence-electron chi connectivity index (χ0n) is 19.2. The standard InChI is InChI=1S/C20H34N8O6S/c21-6-2-1-3-12(22)17(30)26-13(4-5-16(23)29)18(31)28-15(9-35)19(32)27-14(20(33)34)7-11-8-24-10-25-11/h8,10,12-15,35H,1-7,9,21-22H2,(H2,23,29)(H,24,25)(H,26,30)(H,27,32)(H,28,31)(H,33,34). The zero-order chi connectivity index (χ0) is 26.4. The summed E-state index contributed by atoms with van der Waals surface area (Å²) in [5.41, 5.74) is 16.9. The molecule has 0 aromatic carbocycles. The molecule has 11 N–H and O–H groups in total. The van der Waals surface area contributed by atoms with Crippen LogP contribution in [0.25, 0.3) is 0 Å². The molecular weight excluding hydrogens is 480 g/mol. The van der Waals surface area contributed by atoms with Crippen LogP contribution in [0.1, 0.15) is 37.8 Å². The number of carboxylic acid groups (broad SMARTS) is 1. The number of aromatic amines is 1. The second-order valence-corrected chi connectivity index (χ2v) is 8.25. The molecule has 0 radical (unpaired) electrons. The van der Waals surface area contributed by atoms with Gasteiger partial charge in [-0.1, -0.05) is 6.42 Å². The Morgan fingerprint density at radius 2 is 1.63 bits per heavy atom. The molecule has 4 amide bonds. The van der Waals surface area contributed by atoms with Crippen molar-refractivity contribution < 1.29 is 29.1 Å². The third-order valence-electron chi connectivity index (χ3n) is 5.03. The van der Waals surface area contributed by atoms with E-state index in [2.05, 4.69) is 38.5 Å². The van der Waals surface area contributed by atoms with E-state index in [4.69, 9.17) is 17.2 Å². The molecule has 0 bridgehead atoms. The first-order chi connectivity index (χ1) is 16.6. The Morgan fingerprint density at radius 1 is 1.00 bits per heavy atom. The van der Waals surface area contributed by atoms with Crippen LogP contribution in [0.2, 0.25) is 0 Å². The lowest BCUT2D eigenvalue weighted by molar-refractivity contribution is -0.142. The van der Waals surface area contributed by atoms with Crippen LogP contribution in [0.3, 0.4) is 0 Å². The van der Waals surface area contributed by atoms with E-state index < -0.39 is 53.8 Å². The number of aromatic nitrogens is 2. The number of hydrogen-bond acceptors (Lipinski definition) is 9.